The lowest BCUT2D eigenvalue weighted by Crippen LogP contribution is -2.31. The van der Waals surface area contributed by atoms with E-state index in [2.05, 4.69) is 29.4 Å². The van der Waals surface area contributed by atoms with Crippen LogP contribution >= 0.6 is 34.8 Å². The molecule has 0 amide bonds. The van der Waals surface area contributed by atoms with Gasteiger partial charge < -0.3 is 93.2 Å². The van der Waals surface area contributed by atoms with Crippen molar-refractivity contribution in [3.05, 3.63) is 347 Å². The van der Waals surface area contributed by atoms with Crippen molar-refractivity contribution in [3.63, 3.8) is 0 Å². The maximum atomic E-state index is 11.1. The number of para-hydroxylation sites is 1. The standard InChI is InChI=1S/C24H23NO4.3C19H21NO3.C18H17Cl2NO3.C18H18ClNO3/c26-24(27)17-19-5-4-16-25(19)18-8-10-21(11-9-18)29-23-14-12-22(13-15-23)28-20-6-2-1-3-7-20;1-14-4-2-6-18(12-14)23-17-9-7-15(8-10-17)20-11-3-5-16(20)13-19(21)22;2*1-14-4-8-17(9-5-14)23-18-10-6-15(7-11-18)20-12-2-3-16(20)13-19(21)22;19-12-3-8-17(16(20)10-12)24-15-6-4-13(5-7-15)21-9-1-2-14(21)11-18(22)23;19-13-3-1-5-17(11-13)23-16-8-6-14(7-9-16)20-10-2-4-15(20)12-18(21)22/h1-3,6-15,19H,4-5,16-17H2,(H,26,27);2,4,6-10,12,16H,3,5,11,13H2,1H3,(H,21,22);2*4-11,16H,2-3,12-13H2,1H3,(H,21,22);3-8,10,14H,1-2,9,11H2,(H,22,23);1,3,5-9,11,15H,2,4,10,12H2,(H,21,22). The van der Waals surface area contributed by atoms with Gasteiger partial charge in [-0.2, -0.15) is 0 Å². The first-order valence-electron chi connectivity index (χ1n) is 49.0. The van der Waals surface area contributed by atoms with E-state index in [0.717, 1.165) is 219 Å². The zero-order valence-corrected chi connectivity index (χ0v) is 83.5. The summed E-state index contributed by atoms with van der Waals surface area (Å²) >= 11 is 17.9. The molecule has 6 saturated heterocycles. The first kappa shape index (κ1) is 106. The van der Waals surface area contributed by atoms with Crippen molar-refractivity contribution in [2.75, 3.05) is 68.7 Å². The van der Waals surface area contributed by atoms with E-state index >= 15 is 0 Å². The van der Waals surface area contributed by atoms with Gasteiger partial charge in [0.2, 0.25) is 0 Å². The summed E-state index contributed by atoms with van der Waals surface area (Å²) in [6.45, 7) is 11.5. The monoisotopic (exact) mass is 2020 g/mol. The number of aliphatic carboxylic acids is 6. The molecule has 13 aromatic carbocycles. The lowest BCUT2D eigenvalue weighted by Gasteiger charge is -2.25. The fraction of sp³-hybridized carbons (Fsp3) is 0.282. The minimum atomic E-state index is -0.760. The van der Waals surface area contributed by atoms with Crippen LogP contribution in [-0.4, -0.2) is 142 Å². The van der Waals surface area contributed by atoms with Crippen molar-refractivity contribution >= 4 is 105 Å². The molecule has 6 fully saturated rings. The second-order valence-corrected chi connectivity index (χ2v) is 37.7. The molecule has 0 saturated carbocycles. The molecular formula is C117H121Cl3N6O19. The fourth-order valence-corrected chi connectivity index (χ4v) is 19.4. The van der Waals surface area contributed by atoms with Crippen molar-refractivity contribution in [1.82, 2.24) is 0 Å². The van der Waals surface area contributed by atoms with E-state index < -0.39 is 35.8 Å². The molecule has 754 valence electrons. The molecule has 145 heavy (non-hydrogen) atoms. The van der Waals surface area contributed by atoms with Crippen LogP contribution in [0, 0.1) is 20.8 Å². The van der Waals surface area contributed by atoms with Gasteiger partial charge in [0.1, 0.15) is 80.5 Å². The predicted molar refractivity (Wildman–Crippen MR) is 569 cm³/mol. The molecule has 0 bridgehead atoms. The number of carbonyl (C=O) groups is 6. The molecule has 6 atom stereocenters. The molecular weight excluding hydrogens is 1900 g/mol. The molecule has 6 aliphatic rings. The van der Waals surface area contributed by atoms with Crippen LogP contribution in [0.5, 0.6) is 80.5 Å². The summed E-state index contributed by atoms with van der Waals surface area (Å²) in [5, 5.41) is 55.8. The van der Waals surface area contributed by atoms with Crippen LogP contribution in [-0.2, 0) is 28.8 Å². The minimum Gasteiger partial charge on any atom is -0.481 e. The summed E-state index contributed by atoms with van der Waals surface area (Å²) in [5.74, 6) is 5.96. The summed E-state index contributed by atoms with van der Waals surface area (Å²) in [6, 6.07) is 101. The van der Waals surface area contributed by atoms with Crippen LogP contribution in [0.15, 0.2) is 315 Å². The third-order valence-electron chi connectivity index (χ3n) is 25.7. The number of ether oxygens (including phenoxy) is 7. The van der Waals surface area contributed by atoms with E-state index in [1.54, 1.807) is 30.3 Å². The number of hydrogen-bond acceptors (Lipinski definition) is 19. The van der Waals surface area contributed by atoms with Gasteiger partial charge in [-0.25, -0.2) is 0 Å². The normalized spacial score (nSPS) is 17.0. The third kappa shape index (κ3) is 32.7. The maximum absolute atomic E-state index is 11.1. The van der Waals surface area contributed by atoms with E-state index in [-0.39, 0.29) is 74.8 Å². The van der Waals surface area contributed by atoms with E-state index in [9.17, 15) is 28.8 Å². The summed E-state index contributed by atoms with van der Waals surface area (Å²) in [5.41, 5.74) is 9.82. The Bertz CT molecular complexity index is 6120. The second-order valence-electron chi connectivity index (χ2n) is 36.5. The highest BCUT2D eigenvalue weighted by Crippen LogP contribution is 2.41. The zero-order valence-electron chi connectivity index (χ0n) is 81.3. The highest BCUT2D eigenvalue weighted by molar-refractivity contribution is 6.35. The Labute approximate surface area is 860 Å². The Balaban J connectivity index is 0.000000138. The molecule has 13 aromatic rings. The van der Waals surface area contributed by atoms with Crippen LogP contribution < -0.4 is 62.6 Å². The lowest BCUT2D eigenvalue weighted by atomic mass is 10.1. The molecule has 6 N–H and O–H groups in total. The highest BCUT2D eigenvalue weighted by atomic mass is 35.5. The van der Waals surface area contributed by atoms with Gasteiger partial charge in [0.15, 0.2) is 0 Å². The van der Waals surface area contributed by atoms with Crippen LogP contribution in [0.3, 0.4) is 0 Å². The molecule has 6 unspecified atom stereocenters. The smallest absolute Gasteiger partial charge is 0.305 e. The van der Waals surface area contributed by atoms with Gasteiger partial charge in [0, 0.05) is 120 Å². The molecule has 25 nitrogen and oxygen atoms in total. The molecule has 28 heteroatoms. The van der Waals surface area contributed by atoms with Gasteiger partial charge in [0.05, 0.1) is 43.5 Å². The first-order valence-corrected chi connectivity index (χ1v) is 50.1. The number of hydrogen-bond donors (Lipinski definition) is 6. The van der Waals surface area contributed by atoms with Gasteiger partial charge >= 0.3 is 35.8 Å². The number of rotatable bonds is 32. The average molecular weight is 2020 g/mol. The summed E-state index contributed by atoms with van der Waals surface area (Å²) in [6.07, 6.45) is 12.9. The van der Waals surface area contributed by atoms with Gasteiger partial charge in [-0.05, 0) is 358 Å². The Morgan fingerprint density at radius 3 is 0.690 bits per heavy atom. The van der Waals surface area contributed by atoms with Crippen molar-refractivity contribution in [2.24, 2.45) is 0 Å². The molecule has 0 radical (unpaired) electrons. The Morgan fingerprint density at radius 1 is 0.228 bits per heavy atom. The minimum absolute atomic E-state index is 0.0555. The van der Waals surface area contributed by atoms with Gasteiger partial charge in [0.25, 0.3) is 0 Å². The molecule has 19 rings (SSSR count). The maximum Gasteiger partial charge on any atom is 0.305 e. The van der Waals surface area contributed by atoms with Crippen LogP contribution in [0.1, 0.15) is 132 Å². The highest BCUT2D eigenvalue weighted by Gasteiger charge is 2.33. The van der Waals surface area contributed by atoms with E-state index in [0.29, 0.717) is 32.3 Å². The average Bonchev–Trinajstić information content (AvgIpc) is 1.63. The van der Waals surface area contributed by atoms with Crippen LogP contribution in [0.2, 0.25) is 15.1 Å². The van der Waals surface area contributed by atoms with E-state index in [1.165, 1.54) is 11.1 Å². The Kier molecular flexibility index (Phi) is 38.5. The molecule has 0 spiro atoms. The molecule has 6 aliphatic heterocycles. The van der Waals surface area contributed by atoms with E-state index in [4.69, 9.17) is 98.6 Å². The quantitative estimate of drug-likeness (QED) is 0.0228. The zero-order chi connectivity index (χ0) is 102. The molecule has 0 aromatic heterocycles. The molecule has 0 aliphatic carbocycles. The third-order valence-corrected chi connectivity index (χ3v) is 26.4. The molecule has 6 heterocycles. The van der Waals surface area contributed by atoms with Crippen molar-refractivity contribution in [3.8, 4) is 80.5 Å². The number of benzene rings is 13. The number of carboxylic acid groups (broad SMARTS) is 6. The van der Waals surface area contributed by atoms with Gasteiger partial charge in [-0.1, -0.05) is 107 Å². The van der Waals surface area contributed by atoms with Crippen LogP contribution in [0.25, 0.3) is 0 Å². The van der Waals surface area contributed by atoms with Gasteiger partial charge in [-0.15, -0.1) is 0 Å². The first-order chi connectivity index (χ1) is 70.2. The number of carboxylic acids is 6. The Hall–Kier alpha value is -15.1. The second kappa shape index (κ2) is 52.8. The largest absolute Gasteiger partial charge is 0.481 e. The topological polar surface area (TPSA) is 308 Å². The fourth-order valence-electron chi connectivity index (χ4n) is 18.8. The van der Waals surface area contributed by atoms with Crippen molar-refractivity contribution in [1.29, 1.82) is 0 Å². The Morgan fingerprint density at radius 2 is 0.441 bits per heavy atom. The van der Waals surface area contributed by atoms with Crippen LogP contribution in [0.4, 0.5) is 34.1 Å². The summed E-state index contributed by atoms with van der Waals surface area (Å²) < 4.78 is 40.8. The number of nitrogens with zero attached hydrogens (tertiary/aromatic N) is 6. The number of aryl methyl sites for hydroxylation is 3. The number of halogens is 3. The predicted octanol–water partition coefficient (Wildman–Crippen LogP) is 28.2. The van der Waals surface area contributed by atoms with Crippen molar-refractivity contribution in [2.45, 2.75) is 173 Å². The number of anilines is 6. The van der Waals surface area contributed by atoms with E-state index in [1.807, 2.05) is 306 Å². The SMILES string of the molecule is Cc1ccc(Oc2ccc(N3CCCC3CC(=O)O)cc2)cc1.Cc1ccc(Oc2ccc(N3CCCC3CC(=O)O)cc2)cc1.Cc1cccc(Oc2ccc(N3CCCC3CC(=O)O)cc2)c1.O=C(O)CC1CCCN1c1ccc(Oc2ccc(Cl)cc2Cl)cc1.O=C(O)CC1CCCN1c1ccc(Oc2ccc(Oc3ccccc3)cc2)cc1.O=C(O)CC1CCCN1c1ccc(Oc2cccc(Cl)c2)cc1. The summed E-state index contributed by atoms with van der Waals surface area (Å²) in [4.78, 5) is 78.9. The van der Waals surface area contributed by atoms with Crippen molar-refractivity contribution < 1.29 is 92.6 Å². The lowest BCUT2D eigenvalue weighted by molar-refractivity contribution is -0.138. The van der Waals surface area contributed by atoms with Gasteiger partial charge in [-0.3, -0.25) is 28.8 Å². The summed E-state index contributed by atoms with van der Waals surface area (Å²) in [7, 11) is 0.